The van der Waals surface area contributed by atoms with E-state index in [1.165, 1.54) is 46.3 Å². The monoisotopic (exact) mass is 466 g/mol. The first-order valence-electron chi connectivity index (χ1n) is 12.7. The van der Waals surface area contributed by atoms with E-state index in [-0.39, 0.29) is 0 Å². The summed E-state index contributed by atoms with van der Waals surface area (Å²) in [7, 11) is -2.21. The van der Waals surface area contributed by atoms with E-state index >= 15 is 0 Å². The molecule has 0 atom stereocenters. The molecule has 3 aromatic rings. The van der Waals surface area contributed by atoms with Gasteiger partial charge in [-0.2, -0.15) is 0 Å². The number of rotatable bonds is 7. The fourth-order valence-corrected chi connectivity index (χ4v) is 9.99. The Balaban J connectivity index is 1.76. The van der Waals surface area contributed by atoms with Crippen molar-refractivity contribution in [2.75, 3.05) is 6.16 Å². The Hall–Kier alpha value is -2.69. The summed E-state index contributed by atoms with van der Waals surface area (Å²) < 4.78 is 0. The van der Waals surface area contributed by atoms with Crippen LogP contribution in [0.4, 0.5) is 0 Å². The van der Waals surface area contributed by atoms with Gasteiger partial charge in [0, 0.05) is 0 Å². The molecule has 34 heavy (non-hydrogen) atoms. The molecule has 1 aliphatic rings. The van der Waals surface area contributed by atoms with Gasteiger partial charge in [0.15, 0.2) is 0 Å². The van der Waals surface area contributed by atoms with Crippen molar-refractivity contribution in [2.45, 2.75) is 47.0 Å². The van der Waals surface area contributed by atoms with Crippen LogP contribution in [-0.4, -0.2) is 6.16 Å². The van der Waals surface area contributed by atoms with Crippen LogP contribution < -0.4 is 15.9 Å². The maximum absolute atomic E-state index is 2.49. The first-order valence-corrected chi connectivity index (χ1v) is 14.9. The maximum atomic E-state index is 2.49. The van der Waals surface area contributed by atoms with E-state index in [9.17, 15) is 0 Å². The van der Waals surface area contributed by atoms with E-state index in [0.717, 1.165) is 6.16 Å². The summed E-state index contributed by atoms with van der Waals surface area (Å²) in [6, 6.07) is 33.6. The molecule has 0 saturated carbocycles. The van der Waals surface area contributed by atoms with Gasteiger partial charge in [-0.3, -0.25) is 0 Å². The molecular formula is C33H39P. The molecule has 0 amide bonds. The van der Waals surface area contributed by atoms with Crippen molar-refractivity contribution in [1.82, 2.24) is 0 Å². The Bertz CT molecular complexity index is 1070. The summed E-state index contributed by atoms with van der Waals surface area (Å²) in [6.07, 6.45) is 12.1. The average molecular weight is 467 g/mol. The molecule has 1 aliphatic carbocycles. The molecule has 1 heteroatoms. The molecule has 0 radical (unpaired) electrons. The van der Waals surface area contributed by atoms with Crippen molar-refractivity contribution in [3.8, 4) is 0 Å². The molecule has 0 fully saturated rings. The molecule has 0 aliphatic heterocycles. The standard InChI is InChI=1S/C33H39P/c1-27(22-23-29-15-14-25-33(3,4)28(29)2)24-26-34(30-16-8-5-9-17-30,31-18-10-6-11-19-31)32-20-12-7-13-21-32/h5-13,16-24,34H,14-15,25-26H2,1-4H3. The Labute approximate surface area is 207 Å². The molecule has 4 rings (SSSR count). The van der Waals surface area contributed by atoms with E-state index < -0.39 is 7.26 Å². The summed E-state index contributed by atoms with van der Waals surface area (Å²) in [6.45, 7) is 9.37. The van der Waals surface area contributed by atoms with Crippen LogP contribution in [0.5, 0.6) is 0 Å². The first-order chi connectivity index (χ1) is 16.4. The molecule has 0 nitrogen and oxygen atoms in total. The minimum absolute atomic E-state index is 0.325. The van der Waals surface area contributed by atoms with Crippen molar-refractivity contribution in [3.05, 3.63) is 126 Å². The molecular weight excluding hydrogens is 427 g/mol. The van der Waals surface area contributed by atoms with Crippen LogP contribution in [0.25, 0.3) is 0 Å². The number of hydrogen-bond acceptors (Lipinski definition) is 0. The molecule has 0 saturated heterocycles. The molecule has 0 bridgehead atoms. The van der Waals surface area contributed by atoms with Crippen LogP contribution in [-0.2, 0) is 0 Å². The fourth-order valence-electron chi connectivity index (χ4n) is 5.37. The van der Waals surface area contributed by atoms with Crippen LogP contribution >= 0.6 is 7.26 Å². The average Bonchev–Trinajstić information content (AvgIpc) is 2.87. The van der Waals surface area contributed by atoms with Gasteiger partial charge in [0.25, 0.3) is 0 Å². The van der Waals surface area contributed by atoms with Gasteiger partial charge in [-0.1, -0.05) is 0 Å². The van der Waals surface area contributed by atoms with Gasteiger partial charge in [0.2, 0.25) is 0 Å². The molecule has 0 heterocycles. The van der Waals surface area contributed by atoms with Gasteiger partial charge in [0.05, 0.1) is 0 Å². The summed E-state index contributed by atoms with van der Waals surface area (Å²) in [5.41, 5.74) is 4.76. The van der Waals surface area contributed by atoms with Crippen LogP contribution in [0.3, 0.4) is 0 Å². The van der Waals surface area contributed by atoms with E-state index in [4.69, 9.17) is 0 Å². The third kappa shape index (κ3) is 5.18. The molecule has 3 aromatic carbocycles. The number of benzene rings is 3. The van der Waals surface area contributed by atoms with Crippen LogP contribution in [0, 0.1) is 5.41 Å². The van der Waals surface area contributed by atoms with Gasteiger partial charge < -0.3 is 0 Å². The minimum atomic E-state index is -2.21. The second-order valence-electron chi connectivity index (χ2n) is 10.4. The molecule has 0 spiro atoms. The van der Waals surface area contributed by atoms with Gasteiger partial charge in [-0.15, -0.1) is 0 Å². The Morgan fingerprint density at radius 1 is 0.794 bits per heavy atom. The van der Waals surface area contributed by atoms with Gasteiger partial charge in [-0.05, 0) is 0 Å². The van der Waals surface area contributed by atoms with E-state index in [1.807, 2.05) is 0 Å². The number of hydrogen-bond donors (Lipinski definition) is 0. The SMILES string of the molecule is CC(C=CC1=C(C)C(C)(C)CCC1)=CC[PH](c1ccccc1)(c1ccccc1)c1ccccc1. The van der Waals surface area contributed by atoms with Gasteiger partial charge in [-0.25, -0.2) is 0 Å². The van der Waals surface area contributed by atoms with E-state index in [1.54, 1.807) is 5.57 Å². The fraction of sp³-hybridized carbons (Fsp3) is 0.273. The Kier molecular flexibility index (Phi) is 7.70. The second-order valence-corrected chi connectivity index (χ2v) is 14.3. The molecule has 0 N–H and O–H groups in total. The third-order valence-corrected chi connectivity index (χ3v) is 12.6. The van der Waals surface area contributed by atoms with Crippen LogP contribution in [0.1, 0.15) is 47.0 Å². The summed E-state index contributed by atoms with van der Waals surface area (Å²) in [4.78, 5) is 0. The van der Waals surface area contributed by atoms with Crippen molar-refractivity contribution in [1.29, 1.82) is 0 Å². The molecule has 176 valence electrons. The normalized spacial score (nSPS) is 17.2. The summed E-state index contributed by atoms with van der Waals surface area (Å²) in [5, 5.41) is 4.40. The summed E-state index contributed by atoms with van der Waals surface area (Å²) in [5.74, 6) is 0. The zero-order valence-corrected chi connectivity index (χ0v) is 22.2. The second kappa shape index (κ2) is 10.7. The van der Waals surface area contributed by atoms with Gasteiger partial charge >= 0.3 is 208 Å². The van der Waals surface area contributed by atoms with Crippen molar-refractivity contribution < 1.29 is 0 Å². The first kappa shape index (κ1) is 24.4. The zero-order chi connectivity index (χ0) is 24.0. The quantitative estimate of drug-likeness (QED) is 0.247. The summed E-state index contributed by atoms with van der Waals surface area (Å²) >= 11 is 0. The van der Waals surface area contributed by atoms with Crippen molar-refractivity contribution >= 4 is 23.2 Å². The van der Waals surface area contributed by atoms with Gasteiger partial charge in [0.1, 0.15) is 0 Å². The number of allylic oxidation sites excluding steroid dienone is 6. The van der Waals surface area contributed by atoms with E-state index in [0.29, 0.717) is 5.41 Å². The zero-order valence-electron chi connectivity index (χ0n) is 21.2. The van der Waals surface area contributed by atoms with Crippen LogP contribution in [0.2, 0.25) is 0 Å². The molecule has 0 unspecified atom stereocenters. The van der Waals surface area contributed by atoms with Crippen molar-refractivity contribution in [2.24, 2.45) is 5.41 Å². The Morgan fingerprint density at radius 2 is 1.26 bits per heavy atom. The molecule has 0 aromatic heterocycles. The topological polar surface area (TPSA) is 0 Å². The predicted molar refractivity (Wildman–Crippen MR) is 155 cm³/mol. The van der Waals surface area contributed by atoms with Crippen molar-refractivity contribution in [3.63, 3.8) is 0 Å². The Morgan fingerprint density at radius 3 is 1.74 bits per heavy atom. The third-order valence-electron chi connectivity index (χ3n) is 7.82. The van der Waals surface area contributed by atoms with E-state index in [2.05, 4.69) is 137 Å². The predicted octanol–water partition coefficient (Wildman–Crippen LogP) is 7.74. The van der Waals surface area contributed by atoms with Crippen LogP contribution in [0.15, 0.2) is 126 Å².